The highest BCUT2D eigenvalue weighted by molar-refractivity contribution is 8.00. The van der Waals surface area contributed by atoms with Crippen molar-refractivity contribution in [3.05, 3.63) is 23.0 Å². The van der Waals surface area contributed by atoms with Gasteiger partial charge in [-0.05, 0) is 38.5 Å². The summed E-state index contributed by atoms with van der Waals surface area (Å²) in [7, 11) is 0. The van der Waals surface area contributed by atoms with Gasteiger partial charge in [0, 0.05) is 28.9 Å². The number of rotatable bonds is 4. The lowest BCUT2D eigenvalue weighted by atomic mass is 10.1. The smallest absolute Gasteiger partial charge is 0.107 e. The van der Waals surface area contributed by atoms with E-state index >= 15 is 0 Å². The Kier molecular flexibility index (Phi) is 4.45. The Morgan fingerprint density at radius 2 is 2.39 bits per heavy atom. The predicted octanol–water partition coefficient (Wildman–Crippen LogP) is 2.64. The maximum absolute atomic E-state index is 5.80. The Labute approximate surface area is 118 Å². The minimum atomic E-state index is 0.418. The summed E-state index contributed by atoms with van der Waals surface area (Å²) in [6.07, 6.45) is 2.62. The Balaban J connectivity index is 2.16. The molecular formula is C13H19N3S2. The predicted molar refractivity (Wildman–Crippen MR) is 83.6 cm³/mol. The number of nitrogens with two attached hydrogens (primary N) is 1. The van der Waals surface area contributed by atoms with Crippen LogP contribution >= 0.6 is 24.0 Å². The number of anilines is 1. The summed E-state index contributed by atoms with van der Waals surface area (Å²) < 4.78 is 0. The topological polar surface area (TPSA) is 50.9 Å². The summed E-state index contributed by atoms with van der Waals surface area (Å²) in [6.45, 7) is 4.92. The molecule has 0 aliphatic carbocycles. The van der Waals surface area contributed by atoms with Crippen LogP contribution in [0.1, 0.15) is 29.8 Å². The van der Waals surface area contributed by atoms with Crippen LogP contribution in [0.15, 0.2) is 6.07 Å². The number of aromatic nitrogens is 1. The van der Waals surface area contributed by atoms with E-state index in [-0.39, 0.29) is 0 Å². The fourth-order valence-corrected chi connectivity index (χ4v) is 3.77. The monoisotopic (exact) mass is 281 g/mol. The van der Waals surface area contributed by atoms with Gasteiger partial charge in [-0.1, -0.05) is 12.2 Å². The zero-order chi connectivity index (χ0) is 13.1. The number of thiocarbonyl (C=S) groups is 1. The van der Waals surface area contributed by atoms with Crippen LogP contribution in [-0.2, 0) is 0 Å². The van der Waals surface area contributed by atoms with Crippen molar-refractivity contribution >= 4 is 34.7 Å². The zero-order valence-electron chi connectivity index (χ0n) is 10.8. The number of pyridine rings is 1. The lowest BCUT2D eigenvalue weighted by Crippen LogP contribution is -2.20. The van der Waals surface area contributed by atoms with Crippen LogP contribution in [0.5, 0.6) is 0 Å². The molecule has 2 heterocycles. The van der Waals surface area contributed by atoms with Gasteiger partial charge in [0.1, 0.15) is 4.99 Å². The van der Waals surface area contributed by atoms with E-state index in [9.17, 15) is 0 Å². The highest BCUT2D eigenvalue weighted by atomic mass is 32.2. The first-order chi connectivity index (χ1) is 8.58. The molecule has 1 saturated heterocycles. The van der Waals surface area contributed by atoms with Crippen LogP contribution in [-0.4, -0.2) is 27.5 Å². The number of hydrogen-bond acceptors (Lipinski definition) is 4. The Bertz CT molecular complexity index is 454. The minimum Gasteiger partial charge on any atom is -0.389 e. The molecule has 3 N–H and O–H groups in total. The SMILES string of the molecule is Cc1cc(NCC2CCCS2)c(C(N)=S)c(C)n1. The molecule has 1 unspecified atom stereocenters. The van der Waals surface area contributed by atoms with Gasteiger partial charge in [0.15, 0.2) is 0 Å². The molecule has 1 atom stereocenters. The lowest BCUT2D eigenvalue weighted by Gasteiger charge is -2.16. The molecule has 0 saturated carbocycles. The second-order valence-electron chi connectivity index (χ2n) is 4.65. The summed E-state index contributed by atoms with van der Waals surface area (Å²) in [5.41, 5.74) is 9.61. The van der Waals surface area contributed by atoms with Crippen molar-refractivity contribution in [3.8, 4) is 0 Å². The summed E-state index contributed by atoms with van der Waals surface area (Å²) in [5.74, 6) is 1.28. The van der Waals surface area contributed by atoms with E-state index in [1.54, 1.807) is 0 Å². The van der Waals surface area contributed by atoms with E-state index < -0.39 is 0 Å². The van der Waals surface area contributed by atoms with Crippen LogP contribution in [0, 0.1) is 13.8 Å². The van der Waals surface area contributed by atoms with Crippen molar-refractivity contribution in [2.24, 2.45) is 5.73 Å². The molecule has 18 heavy (non-hydrogen) atoms. The average molecular weight is 281 g/mol. The fourth-order valence-electron chi connectivity index (χ4n) is 2.31. The largest absolute Gasteiger partial charge is 0.389 e. The minimum absolute atomic E-state index is 0.418. The average Bonchev–Trinajstić information content (AvgIpc) is 2.77. The van der Waals surface area contributed by atoms with Gasteiger partial charge in [0.25, 0.3) is 0 Å². The summed E-state index contributed by atoms with van der Waals surface area (Å²) in [4.78, 5) is 4.84. The number of hydrogen-bond donors (Lipinski definition) is 2. The fraction of sp³-hybridized carbons (Fsp3) is 0.538. The summed E-state index contributed by atoms with van der Waals surface area (Å²) >= 11 is 7.16. The quantitative estimate of drug-likeness (QED) is 0.831. The Hall–Kier alpha value is -0.810. The van der Waals surface area contributed by atoms with Crippen molar-refractivity contribution in [1.29, 1.82) is 0 Å². The first kappa shape index (κ1) is 13.6. The number of nitrogens with zero attached hydrogens (tertiary/aromatic N) is 1. The van der Waals surface area contributed by atoms with Crippen LogP contribution < -0.4 is 11.1 Å². The number of nitrogens with one attached hydrogen (secondary N) is 1. The van der Waals surface area contributed by atoms with Crippen LogP contribution in [0.25, 0.3) is 0 Å². The van der Waals surface area contributed by atoms with E-state index in [0.717, 1.165) is 29.2 Å². The van der Waals surface area contributed by atoms with E-state index in [4.69, 9.17) is 18.0 Å². The second kappa shape index (κ2) is 5.89. The third-order valence-electron chi connectivity index (χ3n) is 3.12. The molecule has 2 rings (SSSR count). The van der Waals surface area contributed by atoms with Crippen molar-refractivity contribution in [1.82, 2.24) is 4.98 Å². The Morgan fingerprint density at radius 3 is 3.00 bits per heavy atom. The first-order valence-electron chi connectivity index (χ1n) is 6.21. The van der Waals surface area contributed by atoms with Gasteiger partial charge in [0.2, 0.25) is 0 Å². The molecule has 0 bridgehead atoms. The summed E-state index contributed by atoms with van der Waals surface area (Å²) in [6, 6.07) is 2.03. The van der Waals surface area contributed by atoms with E-state index in [1.807, 2.05) is 31.7 Å². The van der Waals surface area contributed by atoms with Gasteiger partial charge in [-0.3, -0.25) is 4.98 Å². The van der Waals surface area contributed by atoms with Crippen molar-refractivity contribution in [3.63, 3.8) is 0 Å². The molecule has 5 heteroatoms. The maximum Gasteiger partial charge on any atom is 0.107 e. The molecule has 1 aromatic rings. The van der Waals surface area contributed by atoms with Gasteiger partial charge in [-0.15, -0.1) is 0 Å². The third kappa shape index (κ3) is 3.14. The molecular weight excluding hydrogens is 262 g/mol. The second-order valence-corrected chi connectivity index (χ2v) is 6.50. The molecule has 98 valence electrons. The van der Waals surface area contributed by atoms with E-state index in [0.29, 0.717) is 10.2 Å². The molecule has 0 spiro atoms. The highest BCUT2D eigenvalue weighted by Crippen LogP contribution is 2.27. The van der Waals surface area contributed by atoms with E-state index in [1.165, 1.54) is 18.6 Å². The van der Waals surface area contributed by atoms with Gasteiger partial charge in [-0.25, -0.2) is 0 Å². The number of thioether (sulfide) groups is 1. The molecule has 0 amide bonds. The van der Waals surface area contributed by atoms with Crippen molar-refractivity contribution in [2.75, 3.05) is 17.6 Å². The molecule has 1 aromatic heterocycles. The molecule has 1 aliphatic rings. The van der Waals surface area contributed by atoms with Gasteiger partial charge in [0.05, 0.1) is 5.56 Å². The van der Waals surface area contributed by atoms with Gasteiger partial charge >= 0.3 is 0 Å². The molecule has 3 nitrogen and oxygen atoms in total. The first-order valence-corrected chi connectivity index (χ1v) is 7.67. The lowest BCUT2D eigenvalue weighted by molar-refractivity contribution is 0.805. The third-order valence-corrected chi connectivity index (χ3v) is 4.72. The molecule has 0 radical (unpaired) electrons. The van der Waals surface area contributed by atoms with E-state index in [2.05, 4.69) is 10.3 Å². The molecule has 1 aliphatic heterocycles. The van der Waals surface area contributed by atoms with Crippen LogP contribution in [0.3, 0.4) is 0 Å². The van der Waals surface area contributed by atoms with Crippen LogP contribution in [0.2, 0.25) is 0 Å². The highest BCUT2D eigenvalue weighted by Gasteiger charge is 2.17. The Morgan fingerprint density at radius 1 is 1.61 bits per heavy atom. The molecule has 0 aromatic carbocycles. The standard InChI is InChI=1S/C13H19N3S2/c1-8-6-11(12(13(14)17)9(2)16-8)15-7-10-4-3-5-18-10/h6,10H,3-5,7H2,1-2H3,(H2,14,17)(H,15,16). The van der Waals surface area contributed by atoms with Gasteiger partial charge in [-0.2, -0.15) is 11.8 Å². The molecule has 1 fully saturated rings. The normalized spacial score (nSPS) is 18.9. The maximum atomic E-state index is 5.80. The van der Waals surface area contributed by atoms with Gasteiger partial charge < -0.3 is 11.1 Å². The van der Waals surface area contributed by atoms with Crippen LogP contribution in [0.4, 0.5) is 5.69 Å². The number of aryl methyl sites for hydroxylation is 2. The van der Waals surface area contributed by atoms with Crippen molar-refractivity contribution < 1.29 is 0 Å². The van der Waals surface area contributed by atoms with Crippen molar-refractivity contribution in [2.45, 2.75) is 31.9 Å². The zero-order valence-corrected chi connectivity index (χ0v) is 12.5. The summed E-state index contributed by atoms with van der Waals surface area (Å²) in [5, 5.41) is 4.20.